The highest BCUT2D eigenvalue weighted by atomic mass is 32.2. The minimum Gasteiger partial charge on any atom is -0.598 e. The number of nitrogens with zero attached hydrogens (tertiary/aromatic N) is 1. The van der Waals surface area contributed by atoms with Gasteiger partial charge in [0.05, 0.1) is 12.6 Å². The van der Waals surface area contributed by atoms with Crippen LogP contribution in [-0.2, 0) is 25.6 Å². The van der Waals surface area contributed by atoms with Crippen LogP contribution in [0.25, 0.3) is 0 Å². The van der Waals surface area contributed by atoms with Crippen LogP contribution in [-0.4, -0.2) is 58.3 Å². The van der Waals surface area contributed by atoms with Crippen LogP contribution < -0.4 is 9.46 Å². The second kappa shape index (κ2) is 11.0. The number of amides is 1. The van der Waals surface area contributed by atoms with Gasteiger partial charge in [-0.3, -0.25) is 4.79 Å². The molecule has 2 aliphatic rings. The summed E-state index contributed by atoms with van der Waals surface area (Å²) >= 11 is -1.26. The van der Waals surface area contributed by atoms with Gasteiger partial charge in [0.15, 0.2) is 11.9 Å². The summed E-state index contributed by atoms with van der Waals surface area (Å²) in [6, 6.07) is 5.98. The molecule has 0 aliphatic carbocycles. The Kier molecular flexibility index (Phi) is 8.74. The molecule has 1 aromatic rings. The third-order valence-corrected chi connectivity index (χ3v) is 7.84. The van der Waals surface area contributed by atoms with E-state index in [1.165, 1.54) is 0 Å². The van der Waals surface area contributed by atoms with Gasteiger partial charge in [-0.25, -0.2) is 0 Å². The fraction of sp³-hybridized carbons (Fsp3) is 0.654. The predicted octanol–water partition coefficient (Wildman–Crippen LogP) is 4.04. The van der Waals surface area contributed by atoms with E-state index in [9.17, 15) is 9.35 Å². The van der Waals surface area contributed by atoms with Crippen LogP contribution in [0.4, 0.5) is 0 Å². The smallest absolute Gasteiger partial charge is 0.254 e. The Labute approximate surface area is 207 Å². The van der Waals surface area contributed by atoms with Gasteiger partial charge in [-0.1, -0.05) is 24.8 Å². The molecule has 1 aromatic carbocycles. The number of rotatable bonds is 8. The van der Waals surface area contributed by atoms with Crippen LogP contribution in [0.5, 0.6) is 5.75 Å². The highest BCUT2D eigenvalue weighted by Gasteiger charge is 2.41. The quantitative estimate of drug-likeness (QED) is 0.436. The van der Waals surface area contributed by atoms with Crippen molar-refractivity contribution in [2.45, 2.75) is 77.1 Å². The Morgan fingerprint density at radius 1 is 1.38 bits per heavy atom. The number of benzene rings is 1. The number of hydrogen-bond acceptors (Lipinski definition) is 6. The summed E-state index contributed by atoms with van der Waals surface area (Å²) in [5, 5.41) is 0. The lowest BCUT2D eigenvalue weighted by atomic mass is 9.85. The van der Waals surface area contributed by atoms with E-state index in [-0.39, 0.29) is 24.5 Å². The average molecular weight is 493 g/mol. The van der Waals surface area contributed by atoms with Crippen LogP contribution in [0, 0.1) is 12.8 Å². The molecule has 0 saturated carbocycles. The molecule has 2 heterocycles. The Bertz CT molecular complexity index is 861. The maximum absolute atomic E-state index is 13.1. The van der Waals surface area contributed by atoms with Gasteiger partial charge in [-0.05, 0) is 71.9 Å². The molecule has 34 heavy (non-hydrogen) atoms. The van der Waals surface area contributed by atoms with E-state index < -0.39 is 28.0 Å². The summed E-state index contributed by atoms with van der Waals surface area (Å²) in [7, 11) is 0. The lowest BCUT2D eigenvalue weighted by Crippen LogP contribution is -2.48. The van der Waals surface area contributed by atoms with Crippen molar-refractivity contribution < 1.29 is 23.6 Å². The number of ether oxygens (including phenoxy) is 3. The Morgan fingerprint density at radius 2 is 2.06 bits per heavy atom. The van der Waals surface area contributed by atoms with Crippen molar-refractivity contribution in [3.05, 3.63) is 42.0 Å². The molecule has 0 bridgehead atoms. The van der Waals surface area contributed by atoms with Crippen molar-refractivity contribution in [2.75, 3.05) is 26.3 Å². The largest absolute Gasteiger partial charge is 0.598 e. The summed E-state index contributed by atoms with van der Waals surface area (Å²) in [4.78, 5) is 14.9. The maximum Gasteiger partial charge on any atom is 0.254 e. The topological polar surface area (TPSA) is 83.1 Å². The Hall–Kier alpha value is -1.58. The van der Waals surface area contributed by atoms with Gasteiger partial charge >= 0.3 is 0 Å². The van der Waals surface area contributed by atoms with Gasteiger partial charge in [0.25, 0.3) is 5.91 Å². The summed E-state index contributed by atoms with van der Waals surface area (Å²) in [5.74, 6) is 0.233. The van der Waals surface area contributed by atoms with E-state index in [4.69, 9.17) is 14.2 Å². The number of carbonyl (C=O) groups excluding carboxylic acids is 1. The van der Waals surface area contributed by atoms with E-state index in [1.54, 1.807) is 6.08 Å². The number of hydrogen-bond donors (Lipinski definition) is 1. The van der Waals surface area contributed by atoms with E-state index in [2.05, 4.69) is 23.4 Å². The van der Waals surface area contributed by atoms with Crippen molar-refractivity contribution in [2.24, 2.45) is 5.92 Å². The molecule has 0 spiro atoms. The molecule has 2 saturated heterocycles. The first-order valence-electron chi connectivity index (χ1n) is 12.0. The molecular formula is C26H40N2O5S. The number of likely N-dealkylation sites (tertiary alicyclic amines) is 1. The molecule has 3 rings (SSSR count). The van der Waals surface area contributed by atoms with E-state index in [0.717, 1.165) is 29.7 Å². The highest BCUT2D eigenvalue weighted by molar-refractivity contribution is 7.90. The van der Waals surface area contributed by atoms with E-state index >= 15 is 0 Å². The molecule has 8 heteroatoms. The van der Waals surface area contributed by atoms with Crippen LogP contribution in [0.2, 0.25) is 0 Å². The van der Waals surface area contributed by atoms with Gasteiger partial charge in [0, 0.05) is 30.0 Å². The lowest BCUT2D eigenvalue weighted by Gasteiger charge is -2.38. The Balaban J connectivity index is 1.78. The fourth-order valence-corrected chi connectivity index (χ4v) is 5.25. The number of carbonyl (C=O) groups is 1. The lowest BCUT2D eigenvalue weighted by molar-refractivity contribution is -0.161. The summed E-state index contributed by atoms with van der Waals surface area (Å²) < 4.78 is 33.5. The van der Waals surface area contributed by atoms with Crippen molar-refractivity contribution in [3.63, 3.8) is 0 Å². The van der Waals surface area contributed by atoms with Crippen LogP contribution in [0.1, 0.15) is 64.6 Å². The molecule has 3 atom stereocenters. The highest BCUT2D eigenvalue weighted by Crippen LogP contribution is 2.38. The van der Waals surface area contributed by atoms with Crippen molar-refractivity contribution in [3.8, 4) is 5.75 Å². The zero-order valence-electron chi connectivity index (χ0n) is 21.4. The van der Waals surface area contributed by atoms with Crippen LogP contribution in [0.15, 0.2) is 30.9 Å². The normalized spacial score (nSPS) is 22.9. The third kappa shape index (κ3) is 6.76. The Morgan fingerprint density at radius 3 is 2.62 bits per heavy atom. The summed E-state index contributed by atoms with van der Waals surface area (Å²) in [6.07, 6.45) is 2.75. The van der Waals surface area contributed by atoms with E-state index in [1.807, 2.05) is 52.5 Å². The van der Waals surface area contributed by atoms with Gasteiger partial charge in [0.2, 0.25) is 0 Å². The van der Waals surface area contributed by atoms with Crippen molar-refractivity contribution in [1.82, 2.24) is 9.62 Å². The van der Waals surface area contributed by atoms with Crippen LogP contribution >= 0.6 is 0 Å². The van der Waals surface area contributed by atoms with Gasteiger partial charge in [0.1, 0.15) is 17.1 Å². The van der Waals surface area contributed by atoms with E-state index in [0.29, 0.717) is 19.7 Å². The second-order valence-corrected chi connectivity index (χ2v) is 12.6. The zero-order chi connectivity index (χ0) is 25.1. The zero-order valence-corrected chi connectivity index (χ0v) is 22.2. The average Bonchev–Trinajstić information content (AvgIpc) is 3.15. The first kappa shape index (κ1) is 27.0. The molecule has 0 radical (unpaired) electrons. The van der Waals surface area contributed by atoms with Gasteiger partial charge < -0.3 is 23.7 Å². The molecule has 1 N–H and O–H groups in total. The molecular weight excluding hydrogens is 452 g/mol. The molecule has 2 fully saturated rings. The maximum atomic E-state index is 13.1. The molecule has 2 unspecified atom stereocenters. The van der Waals surface area contributed by atoms with Gasteiger partial charge in [-0.2, -0.15) is 0 Å². The number of piperidine rings is 1. The number of nitrogens with one attached hydrogen (secondary N) is 1. The fourth-order valence-electron chi connectivity index (χ4n) is 4.34. The third-order valence-electron chi connectivity index (χ3n) is 6.26. The second-order valence-electron chi connectivity index (χ2n) is 10.6. The molecule has 0 aromatic heterocycles. The standard InChI is InChI=1S/C26H40N2O5S/c1-8-15-31-21-16-18(2)9-10-20(21)23(27-34(30)25(3,4)5)19-11-13-28(14-12-19)24(29)22-17-32-26(6,7)33-22/h8-10,16,19,22-23,27H,1,11-15,17H2,2-7H3/t22-,23?,34?/m1/s1. The van der Waals surface area contributed by atoms with Crippen molar-refractivity contribution in [1.29, 1.82) is 0 Å². The first-order valence-corrected chi connectivity index (χ1v) is 13.2. The first-order chi connectivity index (χ1) is 15.9. The monoisotopic (exact) mass is 492 g/mol. The van der Waals surface area contributed by atoms with Crippen LogP contribution in [0.3, 0.4) is 0 Å². The predicted molar refractivity (Wildman–Crippen MR) is 135 cm³/mol. The summed E-state index contributed by atoms with van der Waals surface area (Å²) in [5.41, 5.74) is 2.09. The molecule has 1 amide bonds. The molecule has 190 valence electrons. The molecule has 7 nitrogen and oxygen atoms in total. The SMILES string of the molecule is C=CCOc1cc(C)ccc1C(N[S+]([O-])C(C)(C)C)C1CCN(C(=O)[C@H]2COC(C)(C)O2)CC1. The minimum absolute atomic E-state index is 0.0165. The molecule has 2 aliphatic heterocycles. The van der Waals surface area contributed by atoms with Gasteiger partial charge in [-0.15, -0.1) is 4.72 Å². The van der Waals surface area contributed by atoms with Crippen molar-refractivity contribution >= 4 is 17.3 Å². The number of aryl methyl sites for hydroxylation is 1. The minimum atomic E-state index is -1.26. The summed E-state index contributed by atoms with van der Waals surface area (Å²) in [6.45, 7) is 17.3.